The Morgan fingerprint density at radius 1 is 1.35 bits per heavy atom. The summed E-state index contributed by atoms with van der Waals surface area (Å²) in [4.78, 5) is 0. The maximum Gasteiger partial charge on any atom is 0.118 e. The first-order chi connectivity index (χ1) is 8.35. The van der Waals surface area contributed by atoms with Crippen LogP contribution in [0.3, 0.4) is 0 Å². The first-order valence-electron chi connectivity index (χ1n) is 6.12. The van der Waals surface area contributed by atoms with Crippen molar-refractivity contribution in [3.05, 3.63) is 29.8 Å². The van der Waals surface area contributed by atoms with Crippen LogP contribution in [0.2, 0.25) is 0 Å². The average molecular weight is 229 g/mol. The third-order valence-electron chi connectivity index (χ3n) is 3.16. The molecule has 1 aromatic carbocycles. The highest BCUT2D eigenvalue weighted by Crippen LogP contribution is 2.41. The molecule has 2 nitrogen and oxygen atoms in total. The number of methoxy groups -OCH3 is 1. The lowest BCUT2D eigenvalue weighted by Gasteiger charge is -2.17. The molecule has 90 valence electrons. The van der Waals surface area contributed by atoms with Gasteiger partial charge in [-0.25, -0.2) is 0 Å². The fraction of sp³-hybridized carbons (Fsp3) is 0.467. The van der Waals surface area contributed by atoms with Gasteiger partial charge in [0.2, 0.25) is 0 Å². The van der Waals surface area contributed by atoms with Crippen LogP contribution in [0.5, 0.6) is 5.75 Å². The van der Waals surface area contributed by atoms with E-state index in [-0.39, 0.29) is 0 Å². The highest BCUT2D eigenvalue weighted by atomic mass is 16.5. The molecule has 0 aromatic heterocycles. The van der Waals surface area contributed by atoms with E-state index >= 15 is 0 Å². The van der Waals surface area contributed by atoms with Crippen molar-refractivity contribution in [1.29, 1.82) is 0 Å². The molecule has 0 saturated heterocycles. The van der Waals surface area contributed by atoms with Crippen LogP contribution in [0, 0.1) is 17.8 Å². The van der Waals surface area contributed by atoms with Crippen LogP contribution < -0.4 is 10.1 Å². The number of rotatable bonds is 5. The standard InChI is InChI=1S/C15H19NO/c1-3-4-11-16-15(12-5-6-12)13-7-9-14(17-2)10-8-13/h7-10,12,15-16H,5-6,11H2,1-2H3. The largest absolute Gasteiger partial charge is 0.497 e. The summed E-state index contributed by atoms with van der Waals surface area (Å²) in [6, 6.07) is 8.79. The molecule has 1 aliphatic carbocycles. The van der Waals surface area contributed by atoms with Crippen molar-refractivity contribution in [2.24, 2.45) is 5.92 Å². The summed E-state index contributed by atoms with van der Waals surface area (Å²) in [5.41, 5.74) is 1.34. The minimum Gasteiger partial charge on any atom is -0.497 e. The zero-order chi connectivity index (χ0) is 12.1. The van der Waals surface area contributed by atoms with Gasteiger partial charge >= 0.3 is 0 Å². The quantitative estimate of drug-likeness (QED) is 0.784. The molecule has 1 atom stereocenters. The van der Waals surface area contributed by atoms with E-state index in [1.165, 1.54) is 18.4 Å². The molecule has 1 N–H and O–H groups in total. The van der Waals surface area contributed by atoms with E-state index in [1.807, 2.05) is 19.1 Å². The van der Waals surface area contributed by atoms with Gasteiger partial charge in [0.1, 0.15) is 5.75 Å². The van der Waals surface area contributed by atoms with E-state index < -0.39 is 0 Å². The van der Waals surface area contributed by atoms with Gasteiger partial charge in [0, 0.05) is 6.04 Å². The second kappa shape index (κ2) is 5.75. The Morgan fingerprint density at radius 3 is 2.59 bits per heavy atom. The van der Waals surface area contributed by atoms with Crippen LogP contribution in [0.25, 0.3) is 0 Å². The van der Waals surface area contributed by atoms with Crippen LogP contribution in [-0.2, 0) is 0 Å². The van der Waals surface area contributed by atoms with Crippen molar-refractivity contribution < 1.29 is 4.74 Å². The molecule has 1 aromatic rings. The number of benzene rings is 1. The number of nitrogens with one attached hydrogen (secondary N) is 1. The maximum atomic E-state index is 5.18. The summed E-state index contributed by atoms with van der Waals surface area (Å²) < 4.78 is 5.18. The minimum absolute atomic E-state index is 0.446. The summed E-state index contributed by atoms with van der Waals surface area (Å²) in [7, 11) is 1.70. The summed E-state index contributed by atoms with van der Waals surface area (Å²) in [6.45, 7) is 2.64. The van der Waals surface area contributed by atoms with Crippen LogP contribution >= 0.6 is 0 Å². The van der Waals surface area contributed by atoms with Gasteiger partial charge in [-0.15, -0.1) is 5.92 Å². The molecule has 2 rings (SSSR count). The van der Waals surface area contributed by atoms with Gasteiger partial charge in [0.25, 0.3) is 0 Å². The summed E-state index contributed by atoms with van der Waals surface area (Å²) in [6.07, 6.45) is 2.65. The molecule has 17 heavy (non-hydrogen) atoms. The number of hydrogen-bond donors (Lipinski definition) is 1. The first-order valence-corrected chi connectivity index (χ1v) is 6.12. The molecule has 1 unspecified atom stereocenters. The topological polar surface area (TPSA) is 21.3 Å². The van der Waals surface area contributed by atoms with Gasteiger partial charge in [-0.3, -0.25) is 5.32 Å². The van der Waals surface area contributed by atoms with Crippen LogP contribution in [0.15, 0.2) is 24.3 Å². The van der Waals surface area contributed by atoms with E-state index in [9.17, 15) is 0 Å². The molecule has 1 saturated carbocycles. The normalized spacial score (nSPS) is 15.9. The molecule has 0 amide bonds. The van der Waals surface area contributed by atoms with Gasteiger partial charge in [0.15, 0.2) is 0 Å². The van der Waals surface area contributed by atoms with Crippen LogP contribution in [0.4, 0.5) is 0 Å². The van der Waals surface area contributed by atoms with Gasteiger partial charge in [-0.1, -0.05) is 18.1 Å². The summed E-state index contributed by atoms with van der Waals surface area (Å²) in [5.74, 6) is 7.68. The van der Waals surface area contributed by atoms with Crippen LogP contribution in [0.1, 0.15) is 31.4 Å². The summed E-state index contributed by atoms with van der Waals surface area (Å²) >= 11 is 0. The molecular weight excluding hydrogens is 210 g/mol. The van der Waals surface area contributed by atoms with E-state index in [2.05, 4.69) is 29.3 Å². The van der Waals surface area contributed by atoms with Gasteiger partial charge in [-0.05, 0) is 43.4 Å². The Morgan fingerprint density at radius 2 is 2.06 bits per heavy atom. The molecular formula is C15H19NO. The van der Waals surface area contributed by atoms with Gasteiger partial charge < -0.3 is 4.74 Å². The zero-order valence-corrected chi connectivity index (χ0v) is 10.5. The molecule has 0 aliphatic heterocycles. The monoisotopic (exact) mass is 229 g/mol. The van der Waals surface area contributed by atoms with Crippen molar-refractivity contribution in [2.75, 3.05) is 13.7 Å². The average Bonchev–Trinajstić information content (AvgIpc) is 3.19. The van der Waals surface area contributed by atoms with Crippen molar-refractivity contribution in [3.8, 4) is 17.6 Å². The lowest BCUT2D eigenvalue weighted by molar-refractivity contribution is 0.414. The molecule has 2 heteroatoms. The third-order valence-corrected chi connectivity index (χ3v) is 3.16. The Kier molecular flexibility index (Phi) is 4.06. The second-order valence-electron chi connectivity index (χ2n) is 4.40. The van der Waals surface area contributed by atoms with Crippen molar-refractivity contribution >= 4 is 0 Å². The van der Waals surface area contributed by atoms with E-state index in [0.29, 0.717) is 6.04 Å². The Bertz CT molecular complexity index is 409. The zero-order valence-electron chi connectivity index (χ0n) is 10.5. The molecule has 0 heterocycles. The molecule has 1 fully saturated rings. The Hall–Kier alpha value is -1.46. The summed E-state index contributed by atoms with van der Waals surface area (Å²) in [5, 5.41) is 3.52. The predicted octanol–water partition coefficient (Wildman–Crippen LogP) is 2.76. The fourth-order valence-corrected chi connectivity index (χ4v) is 2.05. The van der Waals surface area contributed by atoms with Crippen molar-refractivity contribution in [2.45, 2.75) is 25.8 Å². The molecule has 0 bridgehead atoms. The molecule has 1 aliphatic rings. The third kappa shape index (κ3) is 3.25. The number of ether oxygens (including phenoxy) is 1. The fourth-order valence-electron chi connectivity index (χ4n) is 2.05. The SMILES string of the molecule is CC#CCNC(c1ccc(OC)cc1)C1CC1. The van der Waals surface area contributed by atoms with Gasteiger partial charge in [0.05, 0.1) is 13.7 Å². The van der Waals surface area contributed by atoms with Crippen molar-refractivity contribution in [1.82, 2.24) is 5.32 Å². The lowest BCUT2D eigenvalue weighted by atomic mass is 10.0. The molecule has 0 spiro atoms. The Labute approximate surface area is 103 Å². The maximum absolute atomic E-state index is 5.18. The number of hydrogen-bond acceptors (Lipinski definition) is 2. The molecule has 0 radical (unpaired) electrons. The van der Waals surface area contributed by atoms with E-state index in [1.54, 1.807) is 7.11 Å². The highest BCUT2D eigenvalue weighted by Gasteiger charge is 2.31. The predicted molar refractivity (Wildman–Crippen MR) is 69.9 cm³/mol. The highest BCUT2D eigenvalue weighted by molar-refractivity contribution is 5.30. The van der Waals surface area contributed by atoms with E-state index in [0.717, 1.165) is 18.2 Å². The smallest absolute Gasteiger partial charge is 0.118 e. The van der Waals surface area contributed by atoms with Gasteiger partial charge in [-0.2, -0.15) is 0 Å². The lowest BCUT2D eigenvalue weighted by Crippen LogP contribution is -2.23. The second-order valence-corrected chi connectivity index (χ2v) is 4.40. The van der Waals surface area contributed by atoms with Crippen molar-refractivity contribution in [3.63, 3.8) is 0 Å². The van der Waals surface area contributed by atoms with E-state index in [4.69, 9.17) is 4.74 Å². The van der Waals surface area contributed by atoms with Crippen LogP contribution in [-0.4, -0.2) is 13.7 Å². The Balaban J connectivity index is 2.05. The minimum atomic E-state index is 0.446. The first kappa shape index (κ1) is 12.0.